The summed E-state index contributed by atoms with van der Waals surface area (Å²) in [6.45, 7) is 9.18. The Balaban J connectivity index is 2.26. The Hall–Kier alpha value is -0.570. The Bertz CT molecular complexity index is 257. The van der Waals surface area contributed by atoms with Gasteiger partial charge < -0.3 is 10.6 Å². The molecule has 0 aliphatic heterocycles. The zero-order valence-electron chi connectivity index (χ0n) is 12.5. The predicted molar refractivity (Wildman–Crippen MR) is 76.6 cm³/mol. The van der Waals surface area contributed by atoms with Gasteiger partial charge in [-0.15, -0.1) is 0 Å². The second-order valence-corrected chi connectivity index (χ2v) is 6.36. The Kier molecular flexibility index (Phi) is 6.13. The summed E-state index contributed by atoms with van der Waals surface area (Å²) < 4.78 is 0. The third kappa shape index (κ3) is 5.38. The minimum absolute atomic E-state index is 0.0854. The van der Waals surface area contributed by atoms with E-state index in [4.69, 9.17) is 0 Å². The first kappa shape index (κ1) is 15.5. The van der Waals surface area contributed by atoms with Crippen LogP contribution in [0.15, 0.2) is 0 Å². The van der Waals surface area contributed by atoms with Crippen LogP contribution in [0.4, 0.5) is 0 Å². The van der Waals surface area contributed by atoms with Crippen LogP contribution in [0.25, 0.3) is 0 Å². The summed E-state index contributed by atoms with van der Waals surface area (Å²) in [5, 5.41) is 6.48. The molecule has 1 fully saturated rings. The van der Waals surface area contributed by atoms with Crippen molar-refractivity contribution in [1.29, 1.82) is 0 Å². The maximum absolute atomic E-state index is 12.0. The third-order valence-corrected chi connectivity index (χ3v) is 4.18. The van der Waals surface area contributed by atoms with E-state index in [1.165, 1.54) is 32.1 Å². The molecule has 0 spiro atoms. The first-order chi connectivity index (χ1) is 8.44. The van der Waals surface area contributed by atoms with Crippen molar-refractivity contribution in [3.05, 3.63) is 0 Å². The van der Waals surface area contributed by atoms with Crippen LogP contribution in [0.2, 0.25) is 0 Å². The zero-order valence-corrected chi connectivity index (χ0v) is 12.5. The van der Waals surface area contributed by atoms with Crippen LogP contribution in [0.1, 0.15) is 66.2 Å². The summed E-state index contributed by atoms with van der Waals surface area (Å²) in [6.07, 6.45) is 7.69. The van der Waals surface area contributed by atoms with Gasteiger partial charge in [0.2, 0.25) is 5.91 Å². The highest BCUT2D eigenvalue weighted by atomic mass is 16.2. The van der Waals surface area contributed by atoms with E-state index in [-0.39, 0.29) is 17.5 Å². The minimum Gasteiger partial charge on any atom is -0.350 e. The van der Waals surface area contributed by atoms with Crippen molar-refractivity contribution in [2.24, 2.45) is 5.92 Å². The molecule has 0 heterocycles. The smallest absolute Gasteiger partial charge is 0.237 e. The summed E-state index contributed by atoms with van der Waals surface area (Å²) in [7, 11) is 0. The molecule has 0 aromatic heterocycles. The van der Waals surface area contributed by atoms with E-state index < -0.39 is 0 Å². The summed E-state index contributed by atoms with van der Waals surface area (Å²) >= 11 is 0. The Morgan fingerprint density at radius 1 is 1.28 bits per heavy atom. The van der Waals surface area contributed by atoms with Gasteiger partial charge in [0.15, 0.2) is 0 Å². The molecule has 106 valence electrons. The van der Waals surface area contributed by atoms with Crippen LogP contribution in [0.5, 0.6) is 0 Å². The molecule has 1 aliphatic rings. The number of hydrogen-bond donors (Lipinski definition) is 2. The van der Waals surface area contributed by atoms with Crippen LogP contribution in [-0.4, -0.2) is 24.0 Å². The monoisotopic (exact) mass is 254 g/mol. The minimum atomic E-state index is -0.0993. The normalized spacial score (nSPS) is 19.6. The molecule has 3 nitrogen and oxygen atoms in total. The van der Waals surface area contributed by atoms with Gasteiger partial charge in [0.25, 0.3) is 0 Å². The lowest BCUT2D eigenvalue weighted by Gasteiger charge is -2.28. The molecule has 18 heavy (non-hydrogen) atoms. The largest absolute Gasteiger partial charge is 0.350 e. The topological polar surface area (TPSA) is 41.1 Å². The zero-order chi connectivity index (χ0) is 13.6. The number of amides is 1. The highest BCUT2D eigenvalue weighted by molar-refractivity contribution is 5.81. The average molecular weight is 254 g/mol. The maximum atomic E-state index is 12.0. The SMILES string of the molecule is CCC(C)(C)NC(=O)C(C)NCC1CCCCC1. The molecule has 0 aromatic rings. The lowest BCUT2D eigenvalue weighted by Crippen LogP contribution is -2.51. The molecular weight excluding hydrogens is 224 g/mol. The van der Waals surface area contributed by atoms with Crippen LogP contribution in [0.3, 0.4) is 0 Å². The molecule has 0 bridgehead atoms. The fraction of sp³-hybridized carbons (Fsp3) is 0.933. The molecular formula is C15H30N2O. The van der Waals surface area contributed by atoms with E-state index in [0.717, 1.165) is 18.9 Å². The van der Waals surface area contributed by atoms with Gasteiger partial charge in [-0.25, -0.2) is 0 Å². The molecule has 2 N–H and O–H groups in total. The Morgan fingerprint density at radius 3 is 2.44 bits per heavy atom. The lowest BCUT2D eigenvalue weighted by atomic mass is 9.89. The second kappa shape index (κ2) is 7.13. The second-order valence-electron chi connectivity index (χ2n) is 6.36. The first-order valence-corrected chi connectivity index (χ1v) is 7.50. The molecule has 1 aliphatic carbocycles. The van der Waals surface area contributed by atoms with Crippen molar-refractivity contribution in [1.82, 2.24) is 10.6 Å². The van der Waals surface area contributed by atoms with E-state index in [1.54, 1.807) is 0 Å². The fourth-order valence-electron chi connectivity index (χ4n) is 2.36. The lowest BCUT2D eigenvalue weighted by molar-refractivity contribution is -0.124. The molecule has 1 rings (SSSR count). The number of nitrogens with one attached hydrogen (secondary N) is 2. The van der Waals surface area contributed by atoms with Crippen molar-refractivity contribution in [3.63, 3.8) is 0 Å². The standard InChI is InChI=1S/C15H30N2O/c1-5-15(3,4)17-14(18)12(2)16-11-13-9-7-6-8-10-13/h12-13,16H,5-11H2,1-4H3,(H,17,18). The van der Waals surface area contributed by atoms with Gasteiger partial charge in [0.05, 0.1) is 6.04 Å². The summed E-state index contributed by atoms with van der Waals surface area (Å²) in [5.74, 6) is 0.894. The molecule has 1 atom stereocenters. The average Bonchev–Trinajstić information content (AvgIpc) is 2.36. The van der Waals surface area contributed by atoms with Crippen LogP contribution in [-0.2, 0) is 4.79 Å². The molecule has 0 saturated heterocycles. The van der Waals surface area contributed by atoms with Crippen LogP contribution < -0.4 is 10.6 Å². The van der Waals surface area contributed by atoms with Crippen molar-refractivity contribution >= 4 is 5.91 Å². The number of hydrogen-bond acceptors (Lipinski definition) is 2. The van der Waals surface area contributed by atoms with E-state index >= 15 is 0 Å². The van der Waals surface area contributed by atoms with Gasteiger partial charge in [-0.05, 0) is 52.5 Å². The van der Waals surface area contributed by atoms with Crippen LogP contribution >= 0.6 is 0 Å². The molecule has 1 amide bonds. The highest BCUT2D eigenvalue weighted by Crippen LogP contribution is 2.22. The number of carbonyl (C=O) groups excluding carboxylic acids is 1. The van der Waals surface area contributed by atoms with Gasteiger partial charge in [-0.1, -0.05) is 26.2 Å². The van der Waals surface area contributed by atoms with Crippen molar-refractivity contribution in [2.45, 2.75) is 77.8 Å². The quantitative estimate of drug-likeness (QED) is 0.765. The maximum Gasteiger partial charge on any atom is 0.237 e. The van der Waals surface area contributed by atoms with E-state index in [9.17, 15) is 4.79 Å². The van der Waals surface area contributed by atoms with Gasteiger partial charge in [0, 0.05) is 5.54 Å². The van der Waals surface area contributed by atoms with E-state index in [0.29, 0.717) is 0 Å². The van der Waals surface area contributed by atoms with Gasteiger partial charge in [-0.3, -0.25) is 4.79 Å². The van der Waals surface area contributed by atoms with Crippen molar-refractivity contribution < 1.29 is 4.79 Å². The van der Waals surface area contributed by atoms with E-state index in [1.807, 2.05) is 6.92 Å². The summed E-state index contributed by atoms with van der Waals surface area (Å²) in [4.78, 5) is 12.0. The Labute approximate surface area is 112 Å². The molecule has 1 saturated carbocycles. The first-order valence-electron chi connectivity index (χ1n) is 7.50. The highest BCUT2D eigenvalue weighted by Gasteiger charge is 2.22. The molecule has 1 unspecified atom stereocenters. The Morgan fingerprint density at radius 2 is 1.89 bits per heavy atom. The third-order valence-electron chi connectivity index (χ3n) is 4.18. The van der Waals surface area contributed by atoms with Gasteiger partial charge >= 0.3 is 0 Å². The van der Waals surface area contributed by atoms with Crippen molar-refractivity contribution in [3.8, 4) is 0 Å². The van der Waals surface area contributed by atoms with E-state index in [2.05, 4.69) is 31.4 Å². The molecule has 3 heteroatoms. The summed E-state index contributed by atoms with van der Waals surface area (Å²) in [6, 6.07) is -0.0854. The van der Waals surface area contributed by atoms with Crippen LogP contribution in [0, 0.1) is 5.92 Å². The predicted octanol–water partition coefficient (Wildman–Crippen LogP) is 2.85. The number of carbonyl (C=O) groups is 1. The molecule has 0 aromatic carbocycles. The van der Waals surface area contributed by atoms with Crippen molar-refractivity contribution in [2.75, 3.05) is 6.54 Å². The fourth-order valence-corrected chi connectivity index (χ4v) is 2.36. The number of rotatable bonds is 6. The van der Waals surface area contributed by atoms with Gasteiger partial charge in [-0.2, -0.15) is 0 Å². The summed E-state index contributed by atoms with van der Waals surface area (Å²) in [5.41, 5.74) is -0.0993. The molecule has 0 radical (unpaired) electrons. The van der Waals surface area contributed by atoms with Gasteiger partial charge in [0.1, 0.15) is 0 Å².